The Morgan fingerprint density at radius 2 is 2.13 bits per heavy atom. The smallest absolute Gasteiger partial charge is 0.124 e. The van der Waals surface area contributed by atoms with E-state index in [-0.39, 0.29) is 5.82 Å². The fourth-order valence-electron chi connectivity index (χ4n) is 1.59. The molecule has 0 unspecified atom stereocenters. The topological polar surface area (TPSA) is 12.9 Å². The van der Waals surface area contributed by atoms with Gasteiger partial charge in [0.15, 0.2) is 0 Å². The summed E-state index contributed by atoms with van der Waals surface area (Å²) in [5.41, 5.74) is 1.72. The van der Waals surface area contributed by atoms with Crippen LogP contribution >= 0.6 is 11.6 Å². The van der Waals surface area contributed by atoms with Crippen molar-refractivity contribution >= 4 is 22.5 Å². The highest BCUT2D eigenvalue weighted by Gasteiger charge is 2.04. The molecule has 0 bridgehead atoms. The van der Waals surface area contributed by atoms with Gasteiger partial charge in [0.1, 0.15) is 5.82 Å². The third-order valence-electron chi connectivity index (χ3n) is 2.28. The first-order valence-corrected chi connectivity index (χ1v) is 5.33. The minimum Gasteiger partial charge on any atom is -0.253 e. The van der Waals surface area contributed by atoms with E-state index in [1.165, 1.54) is 12.1 Å². The highest BCUT2D eigenvalue weighted by Crippen LogP contribution is 2.24. The van der Waals surface area contributed by atoms with Crippen LogP contribution in [0.5, 0.6) is 0 Å². The van der Waals surface area contributed by atoms with Crippen LogP contribution in [0.4, 0.5) is 4.39 Å². The highest BCUT2D eigenvalue weighted by atomic mass is 35.5. The van der Waals surface area contributed by atoms with E-state index in [1.54, 1.807) is 6.07 Å². The molecule has 0 fully saturated rings. The van der Waals surface area contributed by atoms with Crippen molar-refractivity contribution in [1.29, 1.82) is 0 Å². The van der Waals surface area contributed by atoms with Gasteiger partial charge in [-0.1, -0.05) is 24.9 Å². The number of nitrogens with zero attached hydrogens (tertiary/aromatic N) is 1. The second kappa shape index (κ2) is 4.15. The lowest BCUT2D eigenvalue weighted by atomic mass is 10.1. The quantitative estimate of drug-likeness (QED) is 0.751. The maximum absolute atomic E-state index is 13.0. The van der Waals surface area contributed by atoms with Crippen LogP contribution in [0.2, 0.25) is 5.02 Å². The molecule has 1 nitrogen and oxygen atoms in total. The monoisotopic (exact) mass is 223 g/mol. The lowest BCUT2D eigenvalue weighted by Crippen LogP contribution is -1.91. The van der Waals surface area contributed by atoms with Crippen molar-refractivity contribution < 1.29 is 4.39 Å². The van der Waals surface area contributed by atoms with Gasteiger partial charge in [-0.05, 0) is 30.7 Å². The summed E-state index contributed by atoms with van der Waals surface area (Å²) in [6.45, 7) is 2.09. The first-order chi connectivity index (χ1) is 7.20. The molecule has 0 aliphatic heterocycles. The van der Waals surface area contributed by atoms with E-state index >= 15 is 0 Å². The summed E-state index contributed by atoms with van der Waals surface area (Å²) in [7, 11) is 0. The van der Waals surface area contributed by atoms with Gasteiger partial charge in [-0.25, -0.2) is 4.39 Å². The van der Waals surface area contributed by atoms with Crippen molar-refractivity contribution in [1.82, 2.24) is 4.98 Å². The minimum atomic E-state index is -0.283. The number of aryl methyl sites for hydroxylation is 1. The second-order valence-corrected chi connectivity index (χ2v) is 3.91. The number of fused-ring (bicyclic) bond motifs is 1. The van der Waals surface area contributed by atoms with Gasteiger partial charge < -0.3 is 0 Å². The molecule has 3 heteroatoms. The Hall–Kier alpha value is -1.15. The van der Waals surface area contributed by atoms with Gasteiger partial charge in [-0.3, -0.25) is 4.98 Å². The Labute approximate surface area is 92.9 Å². The van der Waals surface area contributed by atoms with Gasteiger partial charge in [0, 0.05) is 11.1 Å². The van der Waals surface area contributed by atoms with E-state index < -0.39 is 0 Å². The predicted molar refractivity (Wildman–Crippen MR) is 60.7 cm³/mol. The largest absolute Gasteiger partial charge is 0.253 e. The molecule has 1 aromatic carbocycles. The summed E-state index contributed by atoms with van der Waals surface area (Å²) in [5, 5.41) is 1.25. The normalized spacial score (nSPS) is 10.9. The van der Waals surface area contributed by atoms with Crippen LogP contribution < -0.4 is 0 Å². The number of halogens is 2. The van der Waals surface area contributed by atoms with Crippen LogP contribution in [0.3, 0.4) is 0 Å². The molecule has 2 rings (SSSR count). The molecule has 0 radical (unpaired) electrons. The molecule has 1 aromatic heterocycles. The van der Waals surface area contributed by atoms with Gasteiger partial charge in [0.2, 0.25) is 0 Å². The van der Waals surface area contributed by atoms with Gasteiger partial charge >= 0.3 is 0 Å². The fraction of sp³-hybridized carbons (Fsp3) is 0.250. The number of rotatable bonds is 2. The van der Waals surface area contributed by atoms with Crippen molar-refractivity contribution in [2.75, 3.05) is 0 Å². The Morgan fingerprint density at radius 3 is 2.87 bits per heavy atom. The third-order valence-corrected chi connectivity index (χ3v) is 2.59. The van der Waals surface area contributed by atoms with E-state index in [1.807, 2.05) is 6.07 Å². The SMILES string of the molecule is CCCc1cc(Cl)c2cc(F)ccc2n1. The Morgan fingerprint density at radius 1 is 1.33 bits per heavy atom. The molecule has 2 aromatic rings. The maximum Gasteiger partial charge on any atom is 0.124 e. The van der Waals surface area contributed by atoms with Crippen molar-refractivity contribution in [3.8, 4) is 0 Å². The zero-order valence-corrected chi connectivity index (χ0v) is 9.18. The predicted octanol–water partition coefficient (Wildman–Crippen LogP) is 3.98. The summed E-state index contributed by atoms with van der Waals surface area (Å²) in [4.78, 5) is 4.42. The van der Waals surface area contributed by atoms with Crippen molar-refractivity contribution in [2.45, 2.75) is 19.8 Å². The standard InChI is InChI=1S/C12H11ClFN/c1-2-3-9-7-11(13)10-6-8(14)4-5-12(10)15-9/h4-7H,2-3H2,1H3. The van der Waals surface area contributed by atoms with Crippen LogP contribution in [0.25, 0.3) is 10.9 Å². The molecule has 0 spiro atoms. The van der Waals surface area contributed by atoms with Crippen LogP contribution in [-0.4, -0.2) is 4.98 Å². The molecule has 0 aliphatic rings. The summed E-state index contributed by atoms with van der Waals surface area (Å²) in [6, 6.07) is 6.30. The molecular weight excluding hydrogens is 213 g/mol. The van der Waals surface area contributed by atoms with Gasteiger partial charge in [-0.15, -0.1) is 0 Å². The molecule has 15 heavy (non-hydrogen) atoms. The second-order valence-electron chi connectivity index (χ2n) is 3.51. The van der Waals surface area contributed by atoms with Gasteiger partial charge in [-0.2, -0.15) is 0 Å². The molecule has 1 heterocycles. The summed E-state index contributed by atoms with van der Waals surface area (Å²) in [6.07, 6.45) is 1.92. The zero-order chi connectivity index (χ0) is 10.8. The molecular formula is C12H11ClFN. The number of benzene rings is 1. The van der Waals surface area contributed by atoms with E-state index in [9.17, 15) is 4.39 Å². The number of pyridine rings is 1. The Balaban J connectivity index is 2.62. The van der Waals surface area contributed by atoms with Gasteiger partial charge in [0.05, 0.1) is 10.5 Å². The first kappa shape index (κ1) is 10.4. The van der Waals surface area contributed by atoms with Crippen molar-refractivity contribution in [3.05, 3.63) is 40.8 Å². The number of hydrogen-bond acceptors (Lipinski definition) is 1. The highest BCUT2D eigenvalue weighted by molar-refractivity contribution is 6.35. The lowest BCUT2D eigenvalue weighted by Gasteiger charge is -2.04. The number of hydrogen-bond donors (Lipinski definition) is 0. The van der Waals surface area contributed by atoms with Crippen molar-refractivity contribution in [2.24, 2.45) is 0 Å². The molecule has 78 valence electrons. The molecule has 0 aliphatic carbocycles. The Kier molecular flexibility index (Phi) is 2.87. The summed E-state index contributed by atoms with van der Waals surface area (Å²) >= 11 is 6.06. The number of aromatic nitrogens is 1. The summed E-state index contributed by atoms with van der Waals surface area (Å²) < 4.78 is 13.0. The molecule has 0 saturated heterocycles. The average molecular weight is 224 g/mol. The molecule has 0 atom stereocenters. The third kappa shape index (κ3) is 2.10. The van der Waals surface area contributed by atoms with Crippen molar-refractivity contribution in [3.63, 3.8) is 0 Å². The van der Waals surface area contributed by atoms with E-state index in [4.69, 9.17) is 11.6 Å². The first-order valence-electron chi connectivity index (χ1n) is 4.95. The van der Waals surface area contributed by atoms with Crippen LogP contribution in [0.1, 0.15) is 19.0 Å². The molecule has 0 N–H and O–H groups in total. The zero-order valence-electron chi connectivity index (χ0n) is 8.43. The van der Waals surface area contributed by atoms with E-state index in [0.717, 1.165) is 24.1 Å². The van der Waals surface area contributed by atoms with Gasteiger partial charge in [0.25, 0.3) is 0 Å². The summed E-state index contributed by atoms with van der Waals surface area (Å²) in [5.74, 6) is -0.283. The minimum absolute atomic E-state index is 0.283. The fourth-order valence-corrected chi connectivity index (χ4v) is 1.87. The van der Waals surface area contributed by atoms with Crippen LogP contribution in [0, 0.1) is 5.82 Å². The van der Waals surface area contributed by atoms with E-state index in [2.05, 4.69) is 11.9 Å². The average Bonchev–Trinajstić information content (AvgIpc) is 2.20. The molecule has 0 saturated carbocycles. The molecule has 0 amide bonds. The van der Waals surface area contributed by atoms with Crippen LogP contribution in [-0.2, 0) is 6.42 Å². The Bertz CT molecular complexity index is 496. The maximum atomic E-state index is 13.0. The van der Waals surface area contributed by atoms with E-state index in [0.29, 0.717) is 10.4 Å². The lowest BCUT2D eigenvalue weighted by molar-refractivity contribution is 0.629. The van der Waals surface area contributed by atoms with Crippen LogP contribution in [0.15, 0.2) is 24.3 Å².